The quantitative estimate of drug-likeness (QED) is 0.792. The van der Waals surface area contributed by atoms with E-state index < -0.39 is 0 Å². The van der Waals surface area contributed by atoms with Gasteiger partial charge in [0.05, 0.1) is 0 Å². The average Bonchev–Trinajstić information content (AvgIpc) is 2.40. The Hall–Kier alpha value is -1.88. The molecule has 2 rings (SSSR count). The molecule has 1 heterocycles. The molecule has 5 heteroatoms. The zero-order valence-electron chi connectivity index (χ0n) is 10.2. The fraction of sp³-hybridized carbons (Fsp3) is 0.154. The van der Waals surface area contributed by atoms with Crippen LogP contribution < -0.4 is 5.56 Å². The second kappa shape index (κ2) is 5.64. The summed E-state index contributed by atoms with van der Waals surface area (Å²) in [4.78, 5) is 15.7. The Morgan fingerprint density at radius 2 is 1.94 bits per heavy atom. The van der Waals surface area contributed by atoms with Gasteiger partial charge in [-0.3, -0.25) is 4.79 Å². The van der Waals surface area contributed by atoms with Gasteiger partial charge < -0.3 is 0 Å². The smallest absolute Gasteiger partial charge is 0.265 e. The first-order valence-corrected chi connectivity index (χ1v) is 6.65. The van der Waals surface area contributed by atoms with Crippen LogP contribution in [0.4, 0.5) is 0 Å². The van der Waals surface area contributed by atoms with Gasteiger partial charge in [0.25, 0.3) is 5.56 Å². The number of thioether (sulfide) groups is 1. The Bertz CT molecular complexity index is 620. The first-order chi connectivity index (χ1) is 8.70. The van der Waals surface area contributed by atoms with E-state index in [-0.39, 0.29) is 5.56 Å². The van der Waals surface area contributed by atoms with Crippen molar-refractivity contribution in [2.24, 2.45) is 7.05 Å². The van der Waals surface area contributed by atoms with Gasteiger partial charge in [0.2, 0.25) is 0 Å². The monoisotopic (exact) mass is 259 g/mol. The lowest BCUT2D eigenvalue weighted by atomic mass is 10.2. The molecule has 1 aromatic heterocycles. The summed E-state index contributed by atoms with van der Waals surface area (Å²) >= 11 is 1.40. The molecule has 0 radical (unpaired) electrons. The third kappa shape index (κ3) is 2.87. The second-order valence-corrected chi connectivity index (χ2v) is 4.43. The van der Waals surface area contributed by atoms with Crippen LogP contribution in [0.25, 0.3) is 12.2 Å². The Kier molecular flexibility index (Phi) is 3.94. The highest BCUT2D eigenvalue weighted by atomic mass is 32.2. The molecule has 0 aliphatic carbocycles. The Balaban J connectivity index is 2.33. The molecule has 0 spiro atoms. The van der Waals surface area contributed by atoms with E-state index in [9.17, 15) is 4.79 Å². The number of rotatable bonds is 3. The topological polar surface area (TPSA) is 47.8 Å². The highest BCUT2D eigenvalue weighted by Crippen LogP contribution is 2.07. The Morgan fingerprint density at radius 1 is 1.22 bits per heavy atom. The SMILES string of the molecule is CSc1nc(=O)c(/C=C/c2ccccc2)nn1C. The predicted octanol–water partition coefficient (Wildman–Crippen LogP) is 2.07. The summed E-state index contributed by atoms with van der Waals surface area (Å²) in [5.41, 5.74) is 1.07. The molecule has 0 saturated heterocycles. The fourth-order valence-electron chi connectivity index (χ4n) is 1.49. The van der Waals surface area contributed by atoms with Crippen LogP contribution in [0, 0.1) is 0 Å². The van der Waals surface area contributed by atoms with E-state index in [1.165, 1.54) is 11.8 Å². The summed E-state index contributed by atoms with van der Waals surface area (Å²) in [5, 5.41) is 4.80. The van der Waals surface area contributed by atoms with E-state index >= 15 is 0 Å². The van der Waals surface area contributed by atoms with Crippen molar-refractivity contribution in [3.63, 3.8) is 0 Å². The molecule has 0 aliphatic rings. The van der Waals surface area contributed by atoms with Crippen molar-refractivity contribution >= 4 is 23.9 Å². The maximum Gasteiger partial charge on any atom is 0.299 e. The van der Waals surface area contributed by atoms with Crippen LogP contribution in [0.15, 0.2) is 40.3 Å². The van der Waals surface area contributed by atoms with E-state index in [0.717, 1.165) is 5.56 Å². The largest absolute Gasteiger partial charge is 0.299 e. The van der Waals surface area contributed by atoms with Gasteiger partial charge in [-0.1, -0.05) is 48.2 Å². The Morgan fingerprint density at radius 3 is 2.61 bits per heavy atom. The summed E-state index contributed by atoms with van der Waals surface area (Å²) < 4.78 is 1.61. The number of hydrogen-bond acceptors (Lipinski definition) is 4. The molecule has 0 amide bonds. The lowest BCUT2D eigenvalue weighted by Crippen LogP contribution is -2.19. The number of benzene rings is 1. The van der Waals surface area contributed by atoms with Crippen LogP contribution in [-0.2, 0) is 7.05 Å². The lowest BCUT2D eigenvalue weighted by molar-refractivity contribution is 0.608. The molecule has 0 N–H and O–H groups in total. The zero-order valence-corrected chi connectivity index (χ0v) is 11.0. The van der Waals surface area contributed by atoms with Crippen LogP contribution in [0.2, 0.25) is 0 Å². The molecule has 0 bridgehead atoms. The van der Waals surface area contributed by atoms with E-state index in [1.807, 2.05) is 42.7 Å². The summed E-state index contributed by atoms with van der Waals surface area (Å²) in [6.07, 6.45) is 5.40. The van der Waals surface area contributed by atoms with Crippen molar-refractivity contribution < 1.29 is 0 Å². The van der Waals surface area contributed by atoms with Crippen molar-refractivity contribution in [1.82, 2.24) is 14.8 Å². The van der Waals surface area contributed by atoms with Crippen molar-refractivity contribution in [1.29, 1.82) is 0 Å². The average molecular weight is 259 g/mol. The third-order valence-electron chi connectivity index (χ3n) is 2.37. The summed E-state index contributed by atoms with van der Waals surface area (Å²) in [7, 11) is 1.78. The number of nitrogens with zero attached hydrogens (tertiary/aromatic N) is 3. The van der Waals surface area contributed by atoms with Crippen LogP contribution >= 0.6 is 11.8 Å². The maximum atomic E-state index is 11.7. The molecule has 0 atom stereocenters. The van der Waals surface area contributed by atoms with E-state index in [0.29, 0.717) is 10.9 Å². The standard InChI is InChI=1S/C13H13N3OS/c1-16-13(18-2)14-12(17)11(15-16)9-8-10-6-4-3-5-7-10/h3-9H,1-2H3/b9-8+. The van der Waals surface area contributed by atoms with Crippen LogP contribution in [0.1, 0.15) is 11.3 Å². The molecule has 2 aromatic rings. The van der Waals surface area contributed by atoms with Gasteiger partial charge in [-0.05, 0) is 17.9 Å². The fourth-order valence-corrected chi connectivity index (χ4v) is 1.96. The Labute approximate surface area is 109 Å². The van der Waals surface area contributed by atoms with Gasteiger partial charge in [-0.2, -0.15) is 10.1 Å². The highest BCUT2D eigenvalue weighted by molar-refractivity contribution is 7.98. The van der Waals surface area contributed by atoms with Gasteiger partial charge in [-0.15, -0.1) is 0 Å². The van der Waals surface area contributed by atoms with Gasteiger partial charge in [0.1, 0.15) is 0 Å². The number of hydrogen-bond donors (Lipinski definition) is 0. The summed E-state index contributed by atoms with van der Waals surface area (Å²) in [5.74, 6) is 0. The number of aryl methyl sites for hydroxylation is 1. The van der Waals surface area contributed by atoms with E-state index in [2.05, 4.69) is 10.1 Å². The molecule has 0 unspecified atom stereocenters. The van der Waals surface area contributed by atoms with Crippen LogP contribution in [-0.4, -0.2) is 21.0 Å². The molecule has 0 fully saturated rings. The molecule has 0 saturated carbocycles. The minimum atomic E-state index is -0.301. The predicted molar refractivity (Wildman–Crippen MR) is 74.4 cm³/mol. The van der Waals surface area contributed by atoms with Crippen molar-refractivity contribution in [3.8, 4) is 0 Å². The molecular weight excluding hydrogens is 246 g/mol. The first-order valence-electron chi connectivity index (χ1n) is 5.43. The van der Waals surface area contributed by atoms with Crippen molar-refractivity contribution in [3.05, 3.63) is 51.9 Å². The van der Waals surface area contributed by atoms with E-state index in [4.69, 9.17) is 0 Å². The highest BCUT2D eigenvalue weighted by Gasteiger charge is 2.04. The molecule has 4 nitrogen and oxygen atoms in total. The zero-order chi connectivity index (χ0) is 13.0. The second-order valence-electron chi connectivity index (χ2n) is 3.66. The van der Waals surface area contributed by atoms with Gasteiger partial charge in [0, 0.05) is 7.05 Å². The first kappa shape index (κ1) is 12.6. The molecule has 1 aromatic carbocycles. The molecule has 92 valence electrons. The van der Waals surface area contributed by atoms with E-state index in [1.54, 1.807) is 17.8 Å². The molecular formula is C13H13N3OS. The van der Waals surface area contributed by atoms with Crippen LogP contribution in [0.3, 0.4) is 0 Å². The minimum Gasteiger partial charge on any atom is -0.265 e. The molecule has 0 aliphatic heterocycles. The van der Waals surface area contributed by atoms with Gasteiger partial charge >= 0.3 is 0 Å². The van der Waals surface area contributed by atoms with Crippen molar-refractivity contribution in [2.45, 2.75) is 5.16 Å². The number of aromatic nitrogens is 3. The van der Waals surface area contributed by atoms with Gasteiger partial charge in [0.15, 0.2) is 10.9 Å². The summed E-state index contributed by atoms with van der Waals surface area (Å²) in [6.45, 7) is 0. The minimum absolute atomic E-state index is 0.301. The maximum absolute atomic E-state index is 11.7. The van der Waals surface area contributed by atoms with Crippen molar-refractivity contribution in [2.75, 3.05) is 6.26 Å². The normalized spacial score (nSPS) is 11.0. The van der Waals surface area contributed by atoms with Crippen LogP contribution in [0.5, 0.6) is 0 Å². The third-order valence-corrected chi connectivity index (χ3v) is 3.09. The summed E-state index contributed by atoms with van der Waals surface area (Å²) in [6, 6.07) is 9.76. The van der Waals surface area contributed by atoms with Gasteiger partial charge in [-0.25, -0.2) is 4.68 Å². The molecule has 18 heavy (non-hydrogen) atoms. The lowest BCUT2D eigenvalue weighted by Gasteiger charge is -2.03.